The maximum absolute atomic E-state index is 14.7. The number of thioether (sulfide) groups is 1. The second kappa shape index (κ2) is 33.8. The lowest BCUT2D eigenvalue weighted by molar-refractivity contribution is -0.144. The molecule has 6 aromatic rings. The topological polar surface area (TPSA) is 270 Å². The Bertz CT molecular complexity index is 4560. The number of benzene rings is 5. The first-order valence-corrected chi connectivity index (χ1v) is 42.0. The zero-order valence-corrected chi connectivity index (χ0v) is 65.3. The monoisotopic (exact) mass is 1580 g/mol. The van der Waals surface area contributed by atoms with Gasteiger partial charge in [0.15, 0.2) is 0 Å². The number of nitrogens with one attached hydrogen (secondary N) is 4. The van der Waals surface area contributed by atoms with Crippen LogP contribution in [0.25, 0.3) is 16.0 Å². The number of ether oxygens (including phenoxy) is 2. The standard InChI is InChI=1S/C78H94ClF3N10O12S4/c1-76(2,3)72(75(98)92-46-57(93)40-65(92)74(97)83-43-50-16-23-61-66(38-50)103-37-28-63-71(61)106-49-84-63)86-69(94)14-10-7-11-15-70(95)90-34-31-88(32-35-90)30-27-55(48-105-58-12-8-6-9-13-58)85-62-24-22-59(41-68(62)107(99,100)78(80,81)82)108(101,102)87-73(96)52-19-25-64-67(39-52)104-47-56-45-89(33-36-91(56)64)44-53-42-77(4,5)29-26-60(53)51-17-20-54(79)21-18-51/h6,8-9,12-13,16-25,38-39,41,49,55-57,65,72,85,93H,7,10-11,14-15,26-37,40,42-48H2,1-5H3,(H,83,97)(H,86,94)(H,87,96)/t55-,56+,57-,65+,72-/m1/s1. The molecule has 12 rings (SSSR count). The normalized spacial score (nSPS) is 19.6. The summed E-state index contributed by atoms with van der Waals surface area (Å²) in [5.41, 5.74) is 2.17. The minimum Gasteiger partial charge on any atom is -0.492 e. The summed E-state index contributed by atoms with van der Waals surface area (Å²) in [4.78, 5) is 82.9. The summed E-state index contributed by atoms with van der Waals surface area (Å²) in [6.45, 7) is 16.0. The van der Waals surface area contributed by atoms with E-state index < -0.39 is 88.2 Å². The van der Waals surface area contributed by atoms with E-state index in [9.17, 15) is 59.1 Å². The molecule has 1 aromatic heterocycles. The van der Waals surface area contributed by atoms with Crippen LogP contribution in [-0.2, 0) is 52.0 Å². The van der Waals surface area contributed by atoms with Crippen molar-refractivity contribution >= 4 is 101 Å². The van der Waals surface area contributed by atoms with Crippen LogP contribution in [-0.4, -0.2) is 196 Å². The smallest absolute Gasteiger partial charge is 0.492 e. The molecule has 0 bridgehead atoms. The highest BCUT2D eigenvalue weighted by atomic mass is 35.5. The van der Waals surface area contributed by atoms with E-state index in [2.05, 4.69) is 61.6 Å². The molecule has 3 saturated heterocycles. The molecule has 5 aromatic carbocycles. The van der Waals surface area contributed by atoms with Crippen molar-refractivity contribution in [1.82, 2.24) is 39.9 Å². The summed E-state index contributed by atoms with van der Waals surface area (Å²) < 4.78 is 113. The number of aliphatic hydroxyl groups excluding tert-OH is 1. The summed E-state index contributed by atoms with van der Waals surface area (Å²) in [6.07, 6.45) is 4.90. The molecule has 1 aliphatic carbocycles. The quantitative estimate of drug-likeness (QED) is 0.0249. The van der Waals surface area contributed by atoms with Crippen LogP contribution in [0.5, 0.6) is 11.5 Å². The Hall–Kier alpha value is -7.77. The number of likely N-dealkylation sites (tertiary alicyclic amines) is 1. The molecule has 5 aliphatic heterocycles. The summed E-state index contributed by atoms with van der Waals surface area (Å²) in [7, 11) is -11.2. The third-order valence-electron chi connectivity index (χ3n) is 21.0. The number of sulfonamides is 1. The molecule has 5 amide bonds. The average Bonchev–Trinajstić information content (AvgIpc) is 1.07. The van der Waals surface area contributed by atoms with E-state index >= 15 is 0 Å². The second-order valence-electron chi connectivity index (χ2n) is 30.6. The first-order valence-electron chi connectivity index (χ1n) is 36.8. The van der Waals surface area contributed by atoms with E-state index in [4.69, 9.17) is 21.1 Å². The molecule has 6 aliphatic rings. The number of hydrogen-bond acceptors (Lipinski definition) is 19. The van der Waals surface area contributed by atoms with Gasteiger partial charge in [-0.05, 0) is 139 Å². The van der Waals surface area contributed by atoms with Crippen molar-refractivity contribution in [2.45, 2.75) is 162 Å². The number of alkyl halides is 3. The first kappa shape index (κ1) is 79.8. The van der Waals surface area contributed by atoms with Crippen LogP contribution in [0.3, 0.4) is 0 Å². The summed E-state index contributed by atoms with van der Waals surface area (Å²) in [5, 5.41) is 20.3. The number of carbonyl (C=O) groups excluding carboxylic acids is 5. The molecule has 5 atom stereocenters. The van der Waals surface area contributed by atoms with Crippen LogP contribution >= 0.6 is 34.7 Å². The molecule has 0 saturated carbocycles. The fraction of sp³-hybridized carbons (Fsp3) is 0.487. The fourth-order valence-electron chi connectivity index (χ4n) is 15.1. The van der Waals surface area contributed by atoms with Gasteiger partial charge in [0.05, 0.1) is 51.1 Å². The second-order valence-corrected chi connectivity index (χ2v) is 36.6. The number of amides is 5. The van der Waals surface area contributed by atoms with Gasteiger partial charge >= 0.3 is 5.51 Å². The predicted molar refractivity (Wildman–Crippen MR) is 411 cm³/mol. The first-order chi connectivity index (χ1) is 51.4. The number of piperazine rings is 2. The molecule has 3 fully saturated rings. The number of nitrogens with zero attached hydrogens (tertiary/aromatic N) is 6. The van der Waals surface area contributed by atoms with Crippen LogP contribution in [0.4, 0.5) is 24.5 Å². The van der Waals surface area contributed by atoms with E-state index in [1.54, 1.807) is 22.3 Å². The number of rotatable bonds is 26. The van der Waals surface area contributed by atoms with E-state index in [-0.39, 0.29) is 66.9 Å². The lowest BCUT2D eigenvalue weighted by Gasteiger charge is -2.46. The van der Waals surface area contributed by atoms with Crippen molar-refractivity contribution in [2.75, 3.05) is 94.6 Å². The van der Waals surface area contributed by atoms with Gasteiger partial charge in [0.25, 0.3) is 25.8 Å². The molecule has 5 N–H and O–H groups in total. The Morgan fingerprint density at radius 2 is 1.57 bits per heavy atom. The largest absolute Gasteiger partial charge is 0.501 e. The molecule has 0 spiro atoms. The highest BCUT2D eigenvalue weighted by molar-refractivity contribution is 7.99. The van der Waals surface area contributed by atoms with Crippen LogP contribution < -0.4 is 35.0 Å². The summed E-state index contributed by atoms with van der Waals surface area (Å²) in [6, 6.07) is 27.2. The Morgan fingerprint density at radius 1 is 0.824 bits per heavy atom. The zero-order chi connectivity index (χ0) is 76.9. The number of sulfone groups is 1. The average molecular weight is 1580 g/mol. The third-order valence-corrected chi connectivity index (χ3v) is 26.2. The molecule has 6 heterocycles. The number of aliphatic hydroxyl groups is 1. The number of halogens is 4. The Morgan fingerprint density at radius 3 is 2.32 bits per heavy atom. The van der Waals surface area contributed by atoms with E-state index in [0.717, 1.165) is 76.8 Å². The molecule has 0 unspecified atom stereocenters. The number of unbranched alkanes of at least 4 members (excludes halogenated alkanes) is 2. The SMILES string of the molecule is CC1(C)CCC(c2ccc(Cl)cc2)=C(CN2CCN3c4ccc(C(=O)NS(=O)(=O)c5ccc(N[C@H](CCN6CCN(C(=O)CCCCCC(=O)N[C@H](C(=O)N7C[C@H](O)C[C@H]7C(=O)NCc7ccc8c(c7)OCCc7ncsc7-8)C(C)(C)C)CC6)CSc6ccccc6)c(S(=O)(=O)C(F)(F)F)c5)cc4OC[C@@H]3C2)C1. The van der Waals surface area contributed by atoms with Gasteiger partial charge in [-0.25, -0.2) is 26.5 Å². The number of hydrogen-bond donors (Lipinski definition) is 5. The van der Waals surface area contributed by atoms with Gasteiger partial charge in [-0.2, -0.15) is 13.2 Å². The molecule has 108 heavy (non-hydrogen) atoms. The maximum atomic E-state index is 14.7. The maximum Gasteiger partial charge on any atom is 0.501 e. The highest BCUT2D eigenvalue weighted by Gasteiger charge is 2.49. The number of aromatic nitrogens is 1. The lowest BCUT2D eigenvalue weighted by Crippen LogP contribution is -2.57. The van der Waals surface area contributed by atoms with Crippen molar-refractivity contribution in [3.63, 3.8) is 0 Å². The molecule has 22 nitrogen and oxygen atoms in total. The van der Waals surface area contributed by atoms with Gasteiger partial charge in [-0.1, -0.05) is 94.6 Å². The van der Waals surface area contributed by atoms with Gasteiger partial charge < -0.3 is 45.2 Å². The molecular formula is C78H94ClF3N10O12S4. The van der Waals surface area contributed by atoms with Gasteiger partial charge in [0.1, 0.15) is 35.1 Å². The Labute approximate surface area is 642 Å². The zero-order valence-electron chi connectivity index (χ0n) is 61.3. The van der Waals surface area contributed by atoms with Crippen molar-refractivity contribution < 1.29 is 68.6 Å². The minimum atomic E-state index is -6.21. The van der Waals surface area contributed by atoms with E-state index in [1.165, 1.54) is 45.5 Å². The number of thiazole rings is 1. The molecule has 30 heteroatoms. The summed E-state index contributed by atoms with van der Waals surface area (Å²) in [5.74, 6) is -1.14. The predicted octanol–water partition coefficient (Wildman–Crippen LogP) is 11.2. The van der Waals surface area contributed by atoms with Crippen LogP contribution in [0, 0.1) is 10.8 Å². The number of anilines is 2. The molecule has 580 valence electrons. The van der Waals surface area contributed by atoms with Crippen LogP contribution in [0.2, 0.25) is 5.02 Å². The highest BCUT2D eigenvalue weighted by Crippen LogP contribution is 2.45. The fourth-order valence-corrected chi connectivity index (χ4v) is 19.1. The van der Waals surface area contributed by atoms with E-state index in [0.29, 0.717) is 114 Å². The van der Waals surface area contributed by atoms with Gasteiger partial charge in [-0.15, -0.1) is 23.1 Å². The molecule has 0 radical (unpaired) electrons. The van der Waals surface area contributed by atoms with Crippen molar-refractivity contribution in [2.24, 2.45) is 10.8 Å². The lowest BCUT2D eigenvalue weighted by atomic mass is 9.72. The van der Waals surface area contributed by atoms with E-state index in [1.807, 2.05) is 91.7 Å². The summed E-state index contributed by atoms with van der Waals surface area (Å²) >= 11 is 9.18. The van der Waals surface area contributed by atoms with Gasteiger partial charge in [0, 0.05) is 131 Å². The van der Waals surface area contributed by atoms with Crippen LogP contribution in [0.1, 0.15) is 126 Å². The molecular weight excluding hydrogens is 1490 g/mol. The van der Waals surface area contributed by atoms with Gasteiger partial charge in [0.2, 0.25) is 23.6 Å². The number of carbonyl (C=O) groups is 5. The van der Waals surface area contributed by atoms with Crippen molar-refractivity contribution in [3.8, 4) is 21.9 Å². The third kappa shape index (κ3) is 19.3. The number of allylic oxidation sites excluding steroid dienone is 1. The van der Waals surface area contributed by atoms with Crippen molar-refractivity contribution in [1.29, 1.82) is 0 Å². The Kier molecular flexibility index (Phi) is 25.0. The van der Waals surface area contributed by atoms with Crippen LogP contribution in [0.15, 0.2) is 135 Å². The number of β-amino-alcohol motifs (C(OH)–C–C–N with tert-alkyl or cyclic N) is 1. The van der Waals surface area contributed by atoms with Crippen molar-refractivity contribution in [3.05, 3.63) is 148 Å². The van der Waals surface area contributed by atoms with Gasteiger partial charge in [-0.3, -0.25) is 33.8 Å². The Balaban J connectivity index is 0.612. The number of fused-ring (bicyclic) bond motifs is 6. The minimum absolute atomic E-state index is 0.0143.